The van der Waals surface area contributed by atoms with Gasteiger partial charge in [-0.1, -0.05) is 24.3 Å². The van der Waals surface area contributed by atoms with Crippen LogP contribution in [0.25, 0.3) is 5.69 Å². The Morgan fingerprint density at radius 3 is 2.46 bits per heavy atom. The largest absolute Gasteiger partial charge is 0.418 e. The van der Waals surface area contributed by atoms with E-state index in [1.165, 1.54) is 24.3 Å². The SMILES string of the molecule is Cc1cc(NC(=O)c2ccccc2I)n(-c2ccccc2C(F)(F)F)n1. The van der Waals surface area contributed by atoms with E-state index in [1.54, 1.807) is 31.2 Å². The van der Waals surface area contributed by atoms with E-state index in [0.717, 1.165) is 14.3 Å². The molecule has 26 heavy (non-hydrogen) atoms. The smallest absolute Gasteiger partial charge is 0.306 e. The summed E-state index contributed by atoms with van der Waals surface area (Å²) >= 11 is 2.03. The van der Waals surface area contributed by atoms with Gasteiger partial charge in [0.05, 0.1) is 22.5 Å². The molecule has 0 saturated carbocycles. The Morgan fingerprint density at radius 1 is 1.12 bits per heavy atom. The van der Waals surface area contributed by atoms with Gasteiger partial charge in [-0.15, -0.1) is 0 Å². The molecular formula is C18H13F3IN3O. The van der Waals surface area contributed by atoms with Crippen LogP contribution in [0.4, 0.5) is 19.0 Å². The van der Waals surface area contributed by atoms with Crippen LogP contribution >= 0.6 is 22.6 Å². The van der Waals surface area contributed by atoms with Crippen molar-refractivity contribution in [3.63, 3.8) is 0 Å². The molecule has 1 aromatic heterocycles. The summed E-state index contributed by atoms with van der Waals surface area (Å²) in [5, 5.41) is 6.78. The summed E-state index contributed by atoms with van der Waals surface area (Å²) in [5.74, 6) is -0.246. The third-order valence-electron chi connectivity index (χ3n) is 3.63. The molecule has 0 atom stereocenters. The molecule has 0 saturated heterocycles. The van der Waals surface area contributed by atoms with Crippen molar-refractivity contribution in [2.24, 2.45) is 0 Å². The molecule has 0 aliphatic rings. The van der Waals surface area contributed by atoms with Gasteiger partial charge < -0.3 is 5.32 Å². The average Bonchev–Trinajstić information content (AvgIpc) is 2.94. The molecule has 3 rings (SSSR count). The van der Waals surface area contributed by atoms with Crippen LogP contribution in [0.3, 0.4) is 0 Å². The highest BCUT2D eigenvalue weighted by Gasteiger charge is 2.34. The molecule has 0 radical (unpaired) electrons. The standard InChI is InChI=1S/C18H13F3IN3O/c1-11-10-16(23-17(26)12-6-2-4-8-14(12)22)25(24-11)15-9-5-3-7-13(15)18(19,20)21/h2-10H,1H3,(H,23,26). The third kappa shape index (κ3) is 3.74. The van der Waals surface area contributed by atoms with Crippen molar-refractivity contribution >= 4 is 34.3 Å². The van der Waals surface area contributed by atoms with Crippen molar-refractivity contribution in [1.29, 1.82) is 0 Å². The summed E-state index contributed by atoms with van der Waals surface area (Å²) in [5.41, 5.74) is -0.0540. The second-order valence-corrected chi connectivity index (χ2v) is 6.69. The van der Waals surface area contributed by atoms with Crippen LogP contribution in [0.2, 0.25) is 0 Å². The number of rotatable bonds is 3. The van der Waals surface area contributed by atoms with Crippen molar-refractivity contribution < 1.29 is 18.0 Å². The van der Waals surface area contributed by atoms with E-state index >= 15 is 0 Å². The highest BCUT2D eigenvalue weighted by atomic mass is 127. The highest BCUT2D eigenvalue weighted by molar-refractivity contribution is 14.1. The second-order valence-electron chi connectivity index (χ2n) is 5.53. The Labute approximate surface area is 161 Å². The minimum atomic E-state index is -4.54. The van der Waals surface area contributed by atoms with Gasteiger partial charge in [0.25, 0.3) is 5.91 Å². The molecule has 0 aliphatic heterocycles. The normalized spacial score (nSPS) is 11.4. The first-order valence-corrected chi connectivity index (χ1v) is 8.64. The van der Waals surface area contributed by atoms with Gasteiger partial charge in [-0.05, 0) is 53.8 Å². The number of alkyl halides is 3. The third-order valence-corrected chi connectivity index (χ3v) is 4.57. The second kappa shape index (κ2) is 7.10. The fourth-order valence-corrected chi connectivity index (χ4v) is 3.13. The summed E-state index contributed by atoms with van der Waals surface area (Å²) in [6.45, 7) is 1.65. The number of para-hydroxylation sites is 1. The van der Waals surface area contributed by atoms with Crippen molar-refractivity contribution in [2.45, 2.75) is 13.1 Å². The summed E-state index contributed by atoms with van der Waals surface area (Å²) in [6, 6.07) is 13.6. The number of carbonyl (C=O) groups is 1. The van der Waals surface area contributed by atoms with Crippen molar-refractivity contribution in [1.82, 2.24) is 9.78 Å². The average molecular weight is 471 g/mol. The molecule has 2 aromatic carbocycles. The van der Waals surface area contributed by atoms with Gasteiger partial charge in [0.2, 0.25) is 0 Å². The minimum absolute atomic E-state index is 0.147. The maximum absolute atomic E-state index is 13.3. The number of hydrogen-bond donors (Lipinski definition) is 1. The summed E-state index contributed by atoms with van der Waals surface area (Å²) < 4.78 is 41.8. The van der Waals surface area contributed by atoms with Gasteiger partial charge in [-0.2, -0.15) is 18.3 Å². The summed E-state index contributed by atoms with van der Waals surface area (Å²) in [6.07, 6.45) is -4.54. The highest BCUT2D eigenvalue weighted by Crippen LogP contribution is 2.34. The fraction of sp³-hybridized carbons (Fsp3) is 0.111. The lowest BCUT2D eigenvalue weighted by Gasteiger charge is -2.15. The number of halogens is 4. The minimum Gasteiger partial charge on any atom is -0.306 e. The summed E-state index contributed by atoms with van der Waals surface area (Å²) in [7, 11) is 0. The number of benzene rings is 2. The van der Waals surface area contributed by atoms with Crippen LogP contribution in [0.1, 0.15) is 21.6 Å². The van der Waals surface area contributed by atoms with Crippen LogP contribution in [0.5, 0.6) is 0 Å². The van der Waals surface area contributed by atoms with Crippen LogP contribution in [-0.2, 0) is 6.18 Å². The lowest BCUT2D eigenvalue weighted by Crippen LogP contribution is -2.18. The topological polar surface area (TPSA) is 46.9 Å². The molecule has 1 amide bonds. The Hall–Kier alpha value is -2.36. The monoisotopic (exact) mass is 471 g/mol. The quantitative estimate of drug-likeness (QED) is 0.544. The van der Waals surface area contributed by atoms with Crippen LogP contribution < -0.4 is 5.32 Å². The molecule has 3 aromatic rings. The first-order valence-electron chi connectivity index (χ1n) is 7.56. The fourth-order valence-electron chi connectivity index (χ4n) is 2.50. The summed E-state index contributed by atoms with van der Waals surface area (Å²) in [4.78, 5) is 12.5. The van der Waals surface area contributed by atoms with Crippen molar-refractivity contribution in [2.75, 3.05) is 5.32 Å². The number of aryl methyl sites for hydroxylation is 1. The van der Waals surface area contributed by atoms with E-state index in [-0.39, 0.29) is 11.5 Å². The number of carbonyl (C=O) groups excluding carboxylic acids is 1. The number of anilines is 1. The van der Waals surface area contributed by atoms with E-state index < -0.39 is 17.6 Å². The molecule has 0 unspecified atom stereocenters. The zero-order chi connectivity index (χ0) is 18.9. The van der Waals surface area contributed by atoms with Crippen molar-refractivity contribution in [3.05, 3.63) is 75.0 Å². The lowest BCUT2D eigenvalue weighted by atomic mass is 10.1. The lowest BCUT2D eigenvalue weighted by molar-refractivity contribution is -0.137. The molecule has 0 aliphatic carbocycles. The maximum atomic E-state index is 13.3. The van der Waals surface area contributed by atoms with Gasteiger partial charge in [0.1, 0.15) is 5.82 Å². The van der Waals surface area contributed by atoms with Gasteiger partial charge in [0, 0.05) is 9.64 Å². The zero-order valence-electron chi connectivity index (χ0n) is 13.5. The maximum Gasteiger partial charge on any atom is 0.418 e. The van der Waals surface area contributed by atoms with Crippen molar-refractivity contribution in [3.8, 4) is 5.69 Å². The number of hydrogen-bond acceptors (Lipinski definition) is 2. The predicted molar refractivity (Wildman–Crippen MR) is 100 cm³/mol. The van der Waals surface area contributed by atoms with Gasteiger partial charge in [-0.3, -0.25) is 4.79 Å². The molecule has 0 fully saturated rings. The number of nitrogens with one attached hydrogen (secondary N) is 1. The molecule has 1 N–H and O–H groups in total. The first-order chi connectivity index (χ1) is 12.3. The Kier molecular flexibility index (Phi) is 5.03. The molecule has 1 heterocycles. The van der Waals surface area contributed by atoms with E-state index in [0.29, 0.717) is 11.3 Å². The van der Waals surface area contributed by atoms with E-state index in [2.05, 4.69) is 10.4 Å². The van der Waals surface area contributed by atoms with Gasteiger partial charge >= 0.3 is 6.18 Å². The number of nitrogens with zero attached hydrogens (tertiary/aromatic N) is 2. The zero-order valence-corrected chi connectivity index (χ0v) is 15.7. The molecule has 4 nitrogen and oxygen atoms in total. The van der Waals surface area contributed by atoms with E-state index in [9.17, 15) is 18.0 Å². The Morgan fingerprint density at radius 2 is 1.77 bits per heavy atom. The van der Waals surface area contributed by atoms with Crippen LogP contribution in [0.15, 0.2) is 54.6 Å². The predicted octanol–water partition coefficient (Wildman–Crippen LogP) is 5.06. The molecular weight excluding hydrogens is 458 g/mol. The number of amides is 1. The molecule has 8 heteroatoms. The van der Waals surface area contributed by atoms with Gasteiger partial charge in [-0.25, -0.2) is 4.68 Å². The van der Waals surface area contributed by atoms with Crippen LogP contribution in [0, 0.1) is 10.5 Å². The Balaban J connectivity index is 2.03. The van der Waals surface area contributed by atoms with E-state index in [1.807, 2.05) is 22.6 Å². The van der Waals surface area contributed by atoms with Gasteiger partial charge in [0.15, 0.2) is 0 Å². The van der Waals surface area contributed by atoms with E-state index in [4.69, 9.17) is 0 Å². The number of aromatic nitrogens is 2. The molecule has 0 spiro atoms. The molecule has 0 bridgehead atoms. The first kappa shape index (κ1) is 18.4. The Bertz CT molecular complexity index is 966. The molecule has 134 valence electrons. The van der Waals surface area contributed by atoms with Crippen LogP contribution in [-0.4, -0.2) is 15.7 Å².